The lowest BCUT2D eigenvalue weighted by atomic mass is 9.98. The van der Waals surface area contributed by atoms with Crippen LogP contribution in [0.25, 0.3) is 21.8 Å². The number of piperidine rings is 4. The third kappa shape index (κ3) is 12.5. The minimum absolute atomic E-state index is 0.0297. The lowest BCUT2D eigenvalue weighted by Crippen LogP contribution is -2.48. The number of aliphatic hydroxyl groups excluding tert-OH is 2. The molecule has 10 rings (SSSR count). The van der Waals surface area contributed by atoms with Crippen molar-refractivity contribution < 1.29 is 27.0 Å². The molecule has 0 amide bonds. The smallest absolute Gasteiger partial charge is 0.210 e. The molecule has 0 unspecified atom stereocenters. The molecule has 380 valence electrons. The molecule has 4 saturated heterocycles. The number of nitrogens with zero attached hydrogens (tertiary/aromatic N) is 5. The summed E-state index contributed by atoms with van der Waals surface area (Å²) in [6.45, 7) is 16.1. The molecule has 0 atom stereocenters. The number of aromatic nitrogens is 2. The van der Waals surface area contributed by atoms with E-state index in [-0.39, 0.29) is 27.0 Å². The second-order valence-electron chi connectivity index (χ2n) is 19.7. The molecule has 71 heavy (non-hydrogen) atoms. The number of sulfone groups is 2. The number of rotatable bonds is 9. The van der Waals surface area contributed by atoms with Crippen molar-refractivity contribution >= 4 is 58.8 Å². The van der Waals surface area contributed by atoms with Crippen LogP contribution in [0, 0.1) is 13.8 Å². The van der Waals surface area contributed by atoms with Gasteiger partial charge < -0.3 is 30.2 Å². The number of halogens is 1. The quantitative estimate of drug-likeness (QED) is 0.127. The van der Waals surface area contributed by atoms with Gasteiger partial charge in [-0.25, -0.2) is 16.8 Å². The fraction of sp³-hybridized carbons (Fsp3) is 0.464. The maximum Gasteiger partial charge on any atom is 0.210 e. The van der Waals surface area contributed by atoms with Gasteiger partial charge in [-0.3, -0.25) is 9.97 Å². The van der Waals surface area contributed by atoms with Gasteiger partial charge in [0.2, 0.25) is 19.7 Å². The van der Waals surface area contributed by atoms with Crippen molar-refractivity contribution in [2.24, 2.45) is 0 Å². The Kier molecular flexibility index (Phi) is 17.5. The summed E-state index contributed by atoms with van der Waals surface area (Å²) in [6, 6.07) is 27.0. The van der Waals surface area contributed by atoms with Gasteiger partial charge in [0.25, 0.3) is 0 Å². The lowest BCUT2D eigenvalue weighted by Gasteiger charge is -2.42. The van der Waals surface area contributed by atoms with Gasteiger partial charge in [-0.05, 0) is 151 Å². The Morgan fingerprint density at radius 3 is 1.46 bits per heavy atom. The van der Waals surface area contributed by atoms with Crippen molar-refractivity contribution in [3.05, 3.63) is 125 Å². The number of hydrogen-bond acceptors (Lipinski definition) is 12. The van der Waals surface area contributed by atoms with Crippen molar-refractivity contribution in [1.29, 1.82) is 0 Å². The monoisotopic (exact) mass is 1020 g/mol. The topological polar surface area (TPSA) is 156 Å². The Morgan fingerprint density at radius 2 is 0.986 bits per heavy atom. The molecule has 4 fully saturated rings. The summed E-state index contributed by atoms with van der Waals surface area (Å²) in [5.41, 5.74) is 6.57. The highest BCUT2D eigenvalue weighted by molar-refractivity contribution is 7.92. The van der Waals surface area contributed by atoms with E-state index in [0.717, 1.165) is 136 Å². The average molecular weight is 1020 g/mol. The lowest BCUT2D eigenvalue weighted by molar-refractivity contribution is 0.0524. The minimum Gasteiger partial charge on any atom is -0.393 e. The molecule has 4 aliphatic rings. The molecule has 0 spiro atoms. The van der Waals surface area contributed by atoms with E-state index in [1.54, 1.807) is 30.5 Å². The average Bonchev–Trinajstić information content (AvgIpc) is 3.39. The molecule has 4 aromatic carbocycles. The number of benzene rings is 4. The van der Waals surface area contributed by atoms with Crippen LogP contribution in [0.3, 0.4) is 0 Å². The highest BCUT2D eigenvalue weighted by Gasteiger charge is 2.33. The predicted molar refractivity (Wildman–Crippen MR) is 285 cm³/mol. The van der Waals surface area contributed by atoms with Gasteiger partial charge in [0.05, 0.1) is 43.7 Å². The summed E-state index contributed by atoms with van der Waals surface area (Å²) in [4.78, 5) is 17.0. The maximum absolute atomic E-state index is 13.9. The number of anilines is 1. The van der Waals surface area contributed by atoms with Gasteiger partial charge in [-0.2, -0.15) is 0 Å². The molecule has 3 N–H and O–H groups in total. The van der Waals surface area contributed by atoms with Crippen LogP contribution in [0.2, 0.25) is 5.02 Å². The SMILES string of the molecule is CCc1ccc(S(=O)(=O)c2cnc3ccc(C)cc3c2Cl)cc1.CCc1ccc(S(=O)(=O)c2cnc3ccc(C)cc3c2N2CCC(N3CCC(O)CC3)CC2)cc1.OC1CCN(C2CCNCC2)CC1. The summed E-state index contributed by atoms with van der Waals surface area (Å²) >= 11 is 6.39. The third-order valence-corrected chi connectivity index (χ3v) is 18.9. The zero-order valence-corrected chi connectivity index (χ0v) is 44.1. The highest BCUT2D eigenvalue weighted by atomic mass is 35.5. The third-order valence-electron chi connectivity index (χ3n) is 14.9. The zero-order valence-electron chi connectivity index (χ0n) is 41.7. The number of aliphatic hydroxyl groups is 2. The van der Waals surface area contributed by atoms with Crippen molar-refractivity contribution in [3.63, 3.8) is 0 Å². The van der Waals surface area contributed by atoms with E-state index in [4.69, 9.17) is 11.6 Å². The van der Waals surface area contributed by atoms with Crippen LogP contribution in [0.1, 0.15) is 87.5 Å². The van der Waals surface area contributed by atoms with Crippen LogP contribution in [0.5, 0.6) is 0 Å². The first-order valence-corrected chi connectivity index (χ1v) is 28.9. The van der Waals surface area contributed by atoms with E-state index in [0.29, 0.717) is 26.7 Å². The molecule has 6 heterocycles. The Hall–Kier alpha value is -4.51. The number of likely N-dealkylation sites (tertiary alicyclic amines) is 2. The van der Waals surface area contributed by atoms with Crippen LogP contribution in [0.15, 0.2) is 117 Å². The Bertz CT molecular complexity index is 2960. The summed E-state index contributed by atoms with van der Waals surface area (Å²) in [5.74, 6) is 0. The van der Waals surface area contributed by atoms with Gasteiger partial charge >= 0.3 is 0 Å². The van der Waals surface area contributed by atoms with Gasteiger partial charge in [-0.15, -0.1) is 0 Å². The van der Waals surface area contributed by atoms with E-state index in [1.807, 2.05) is 75.4 Å². The van der Waals surface area contributed by atoms with Crippen LogP contribution in [-0.2, 0) is 32.5 Å². The van der Waals surface area contributed by atoms with Crippen molar-refractivity contribution in [2.75, 3.05) is 57.3 Å². The first-order chi connectivity index (χ1) is 34.2. The van der Waals surface area contributed by atoms with E-state index in [2.05, 4.69) is 43.0 Å². The number of pyridine rings is 2. The Balaban J connectivity index is 0.000000160. The first kappa shape index (κ1) is 52.8. The molecule has 6 aromatic rings. The minimum atomic E-state index is -3.73. The second kappa shape index (κ2) is 23.6. The molecule has 12 nitrogen and oxygen atoms in total. The largest absolute Gasteiger partial charge is 0.393 e. The molecule has 0 bridgehead atoms. The fourth-order valence-corrected chi connectivity index (χ4v) is 13.7. The highest BCUT2D eigenvalue weighted by Crippen LogP contribution is 2.39. The number of hydrogen-bond donors (Lipinski definition) is 3. The maximum atomic E-state index is 13.9. The van der Waals surface area contributed by atoms with E-state index in [1.165, 1.54) is 32.1 Å². The predicted octanol–water partition coefficient (Wildman–Crippen LogP) is 9.15. The van der Waals surface area contributed by atoms with Gasteiger partial charge in [0.1, 0.15) is 9.79 Å². The summed E-state index contributed by atoms with van der Waals surface area (Å²) in [5, 5.41) is 24.4. The van der Waals surface area contributed by atoms with Gasteiger partial charge in [0.15, 0.2) is 0 Å². The molecule has 0 aliphatic carbocycles. The normalized spacial score (nSPS) is 18.5. The molecular weight excluding hydrogens is 952 g/mol. The number of nitrogens with one attached hydrogen (secondary N) is 1. The molecule has 0 saturated carbocycles. The van der Waals surface area contributed by atoms with E-state index < -0.39 is 19.7 Å². The van der Waals surface area contributed by atoms with Crippen molar-refractivity contribution in [2.45, 2.75) is 136 Å². The Labute approximate surface area is 426 Å². The molecule has 2 aromatic heterocycles. The van der Waals surface area contributed by atoms with Gasteiger partial charge in [-0.1, -0.05) is 73.0 Å². The first-order valence-electron chi connectivity index (χ1n) is 25.6. The second-order valence-corrected chi connectivity index (χ2v) is 23.9. The standard InChI is InChI=1S/C28H35N3O3S.C18H16ClNO2S.C10H20N2O/c1-3-21-5-7-24(8-6-21)35(33,34)27-19-29-26-9-4-20(2)18-25(26)28(27)31-14-10-22(11-15-31)30-16-12-23(32)13-17-30;1-3-13-5-7-14(8-6-13)23(21,22)17-11-20-16-9-4-12(2)10-15(16)18(17)19;13-10-3-7-12(8-4-10)9-1-5-11-6-2-9/h4-9,18-19,22-23,32H,3,10-17H2,1-2H3;4-11H,3H2,1-2H3;9-11,13H,1-8H2. The Morgan fingerprint density at radius 1 is 0.563 bits per heavy atom. The molecule has 4 aliphatic heterocycles. The van der Waals surface area contributed by atoms with E-state index in [9.17, 15) is 27.0 Å². The number of fused-ring (bicyclic) bond motifs is 2. The van der Waals surface area contributed by atoms with Crippen LogP contribution < -0.4 is 10.2 Å². The van der Waals surface area contributed by atoms with Crippen molar-refractivity contribution in [3.8, 4) is 0 Å². The van der Waals surface area contributed by atoms with Crippen LogP contribution in [-0.4, -0.2) is 123 Å². The zero-order chi connectivity index (χ0) is 50.3. The molecular formula is C56H71ClN6O6S2. The van der Waals surface area contributed by atoms with Crippen LogP contribution >= 0.6 is 11.6 Å². The number of aryl methyl sites for hydroxylation is 4. The molecule has 0 radical (unpaired) electrons. The summed E-state index contributed by atoms with van der Waals surface area (Å²) in [7, 11) is -7.42. The fourth-order valence-electron chi connectivity index (χ4n) is 10.4. The molecule has 15 heteroatoms. The van der Waals surface area contributed by atoms with Crippen molar-refractivity contribution in [1.82, 2.24) is 25.1 Å². The van der Waals surface area contributed by atoms with Crippen LogP contribution in [0.4, 0.5) is 5.69 Å². The summed E-state index contributed by atoms with van der Waals surface area (Å²) in [6.07, 6.45) is 12.6. The summed E-state index contributed by atoms with van der Waals surface area (Å²) < 4.78 is 53.5. The van der Waals surface area contributed by atoms with Gasteiger partial charge in [0, 0.05) is 74.5 Å². The van der Waals surface area contributed by atoms with E-state index >= 15 is 0 Å².